The second kappa shape index (κ2) is 7.86. The van der Waals surface area contributed by atoms with Crippen LogP contribution in [0.3, 0.4) is 0 Å². The van der Waals surface area contributed by atoms with Gasteiger partial charge in [0.15, 0.2) is 8.32 Å². The van der Waals surface area contributed by atoms with Gasteiger partial charge in [0.1, 0.15) is 5.94 Å². The summed E-state index contributed by atoms with van der Waals surface area (Å²) in [4.78, 5) is 10.3. The molecule has 3 heteroatoms. The molecule has 0 aliphatic carbocycles. The lowest BCUT2D eigenvalue weighted by molar-refractivity contribution is 0.227. The van der Waals surface area contributed by atoms with Gasteiger partial charge in [0, 0.05) is 6.08 Å². The van der Waals surface area contributed by atoms with Crippen LogP contribution in [-0.2, 0) is 9.22 Å². The molecule has 0 bridgehead atoms. The van der Waals surface area contributed by atoms with Crippen LogP contribution in [0.1, 0.15) is 39.0 Å². The van der Waals surface area contributed by atoms with Gasteiger partial charge in [-0.05, 0) is 26.1 Å². The number of hydrogen-bond acceptors (Lipinski definition) is 2. The highest BCUT2D eigenvalue weighted by Gasteiger charge is 2.19. The first-order chi connectivity index (χ1) is 6.99. The molecule has 1 atom stereocenters. The first-order valence-corrected chi connectivity index (χ1v) is 9.29. The summed E-state index contributed by atoms with van der Waals surface area (Å²) >= 11 is 0. The van der Waals surface area contributed by atoms with Crippen LogP contribution in [0, 0.1) is 0 Å². The van der Waals surface area contributed by atoms with Crippen molar-refractivity contribution in [1.82, 2.24) is 0 Å². The van der Waals surface area contributed by atoms with E-state index in [4.69, 9.17) is 4.43 Å². The van der Waals surface area contributed by atoms with Gasteiger partial charge in [-0.3, -0.25) is 0 Å². The minimum absolute atomic E-state index is 0.00831. The van der Waals surface area contributed by atoms with Crippen molar-refractivity contribution in [2.75, 3.05) is 0 Å². The third-order valence-corrected chi connectivity index (χ3v) is 3.11. The molecule has 15 heavy (non-hydrogen) atoms. The van der Waals surface area contributed by atoms with Gasteiger partial charge in [0.05, 0.1) is 6.10 Å². The Kier molecular flexibility index (Phi) is 7.66. The van der Waals surface area contributed by atoms with E-state index in [1.807, 2.05) is 5.94 Å². The highest BCUT2D eigenvalue weighted by Crippen LogP contribution is 2.14. The van der Waals surface area contributed by atoms with E-state index < -0.39 is 8.32 Å². The summed E-state index contributed by atoms with van der Waals surface area (Å²) in [5.41, 5.74) is 0. The van der Waals surface area contributed by atoms with Crippen LogP contribution in [0.5, 0.6) is 0 Å². The van der Waals surface area contributed by atoms with Crippen molar-refractivity contribution in [3.05, 3.63) is 6.08 Å². The van der Waals surface area contributed by atoms with Crippen molar-refractivity contribution in [1.29, 1.82) is 0 Å². The fourth-order valence-electron chi connectivity index (χ4n) is 1.48. The quantitative estimate of drug-likeness (QED) is 0.361. The van der Waals surface area contributed by atoms with Crippen LogP contribution in [0.2, 0.25) is 19.6 Å². The predicted molar refractivity (Wildman–Crippen MR) is 67.2 cm³/mol. The molecule has 0 heterocycles. The van der Waals surface area contributed by atoms with Crippen LogP contribution < -0.4 is 0 Å². The molecule has 0 aromatic rings. The molecule has 0 amide bonds. The Morgan fingerprint density at radius 2 is 1.93 bits per heavy atom. The SMILES string of the molecule is CCCCCCC(C=C=O)O[Si](C)(C)C. The number of rotatable bonds is 8. The smallest absolute Gasteiger partial charge is 0.184 e. The molecular weight excluding hydrogens is 204 g/mol. The molecule has 2 nitrogen and oxygen atoms in total. The van der Waals surface area contributed by atoms with E-state index in [1.165, 1.54) is 25.3 Å². The minimum Gasteiger partial charge on any atom is -0.411 e. The Labute approximate surface area is 94.8 Å². The van der Waals surface area contributed by atoms with E-state index in [9.17, 15) is 4.79 Å². The molecule has 88 valence electrons. The second-order valence-electron chi connectivity index (χ2n) is 4.90. The maximum atomic E-state index is 10.3. The topological polar surface area (TPSA) is 26.3 Å². The van der Waals surface area contributed by atoms with Crippen molar-refractivity contribution in [2.45, 2.75) is 64.8 Å². The summed E-state index contributed by atoms with van der Waals surface area (Å²) in [6.45, 7) is 8.63. The van der Waals surface area contributed by atoms with Gasteiger partial charge in [-0.2, -0.15) is 0 Å². The van der Waals surface area contributed by atoms with E-state index in [2.05, 4.69) is 26.6 Å². The zero-order valence-corrected chi connectivity index (χ0v) is 11.5. The fraction of sp³-hybridized carbons (Fsp3) is 0.833. The molecule has 0 radical (unpaired) electrons. The van der Waals surface area contributed by atoms with Crippen molar-refractivity contribution in [2.24, 2.45) is 0 Å². The second-order valence-corrected chi connectivity index (χ2v) is 9.36. The molecule has 0 aliphatic heterocycles. The van der Waals surface area contributed by atoms with E-state index >= 15 is 0 Å². The molecule has 0 saturated heterocycles. The molecule has 0 rings (SSSR count). The average Bonchev–Trinajstić information content (AvgIpc) is 2.10. The zero-order chi connectivity index (χ0) is 11.7. The van der Waals surface area contributed by atoms with Gasteiger partial charge in [-0.1, -0.05) is 32.6 Å². The van der Waals surface area contributed by atoms with Gasteiger partial charge >= 0.3 is 0 Å². The van der Waals surface area contributed by atoms with Crippen LogP contribution in [0.15, 0.2) is 6.08 Å². The summed E-state index contributed by atoms with van der Waals surface area (Å²) in [6.07, 6.45) is 7.36. The Hall–Kier alpha value is -0.373. The lowest BCUT2D eigenvalue weighted by atomic mass is 10.1. The molecule has 1 unspecified atom stereocenters. The maximum Gasteiger partial charge on any atom is 0.184 e. The van der Waals surface area contributed by atoms with Gasteiger partial charge < -0.3 is 4.43 Å². The highest BCUT2D eigenvalue weighted by molar-refractivity contribution is 6.69. The van der Waals surface area contributed by atoms with Crippen molar-refractivity contribution < 1.29 is 9.22 Å². The molecule has 0 aliphatic rings. The standard InChI is InChI=1S/C12H24O2Si/c1-5-6-7-8-9-12(10-11-13)14-15(2,3)4/h10,12H,5-9H2,1-4H3. The average molecular weight is 228 g/mol. The minimum atomic E-state index is -1.54. The van der Waals surface area contributed by atoms with Crippen molar-refractivity contribution in [3.8, 4) is 0 Å². The van der Waals surface area contributed by atoms with Crippen LogP contribution in [-0.4, -0.2) is 20.4 Å². The van der Waals surface area contributed by atoms with Crippen molar-refractivity contribution in [3.63, 3.8) is 0 Å². The van der Waals surface area contributed by atoms with Crippen LogP contribution in [0.4, 0.5) is 0 Å². The molecule has 0 N–H and O–H groups in total. The van der Waals surface area contributed by atoms with Crippen molar-refractivity contribution >= 4 is 14.3 Å². The Bertz CT molecular complexity index is 202. The lowest BCUT2D eigenvalue weighted by Gasteiger charge is -2.23. The van der Waals surface area contributed by atoms with E-state index in [0.29, 0.717) is 0 Å². The molecular formula is C12H24O2Si. The number of hydrogen-bond donors (Lipinski definition) is 0. The van der Waals surface area contributed by atoms with Gasteiger partial charge in [-0.15, -0.1) is 0 Å². The monoisotopic (exact) mass is 228 g/mol. The van der Waals surface area contributed by atoms with E-state index in [0.717, 1.165) is 12.8 Å². The molecule has 0 fully saturated rings. The molecule has 0 spiro atoms. The molecule has 0 saturated carbocycles. The first-order valence-electron chi connectivity index (χ1n) is 5.88. The molecule has 0 aromatic heterocycles. The Morgan fingerprint density at radius 1 is 1.27 bits per heavy atom. The van der Waals surface area contributed by atoms with Crippen LogP contribution >= 0.6 is 0 Å². The third-order valence-electron chi connectivity index (χ3n) is 2.10. The summed E-state index contributed by atoms with van der Waals surface area (Å²) in [7, 11) is -1.54. The normalized spacial score (nSPS) is 13.3. The summed E-state index contributed by atoms with van der Waals surface area (Å²) in [6, 6.07) is 0. The molecule has 0 aromatic carbocycles. The summed E-state index contributed by atoms with van der Waals surface area (Å²) in [5, 5.41) is 0. The van der Waals surface area contributed by atoms with Gasteiger partial charge in [-0.25, -0.2) is 4.79 Å². The van der Waals surface area contributed by atoms with Crippen LogP contribution in [0.25, 0.3) is 0 Å². The lowest BCUT2D eigenvalue weighted by Crippen LogP contribution is -2.31. The Balaban J connectivity index is 3.89. The maximum absolute atomic E-state index is 10.3. The summed E-state index contributed by atoms with van der Waals surface area (Å²) < 4.78 is 5.88. The Morgan fingerprint density at radius 3 is 2.40 bits per heavy atom. The number of unbranched alkanes of at least 4 members (excludes halogenated alkanes) is 3. The highest BCUT2D eigenvalue weighted by atomic mass is 28.4. The fourth-order valence-corrected chi connectivity index (χ4v) is 2.57. The van der Waals surface area contributed by atoms with Gasteiger partial charge in [0.25, 0.3) is 0 Å². The first kappa shape index (κ1) is 14.6. The predicted octanol–water partition coefficient (Wildman–Crippen LogP) is 3.56. The number of carbonyl (C=O) groups excluding carboxylic acids is 1. The van der Waals surface area contributed by atoms with Gasteiger partial charge in [0.2, 0.25) is 0 Å². The third kappa shape index (κ3) is 9.92. The zero-order valence-electron chi connectivity index (χ0n) is 10.5. The van der Waals surface area contributed by atoms with E-state index in [-0.39, 0.29) is 6.10 Å². The van der Waals surface area contributed by atoms with E-state index in [1.54, 1.807) is 0 Å². The largest absolute Gasteiger partial charge is 0.411 e. The summed E-state index contributed by atoms with van der Waals surface area (Å²) in [5.74, 6) is 1.85.